The van der Waals surface area contributed by atoms with E-state index in [0.29, 0.717) is 11.1 Å². The van der Waals surface area contributed by atoms with Gasteiger partial charge in [-0.3, -0.25) is 4.79 Å². The van der Waals surface area contributed by atoms with Gasteiger partial charge in [-0.05, 0) is 38.0 Å². The number of hydrogen-bond donors (Lipinski definition) is 1. The summed E-state index contributed by atoms with van der Waals surface area (Å²) in [5.74, 6) is 0.503. The lowest BCUT2D eigenvalue weighted by Crippen LogP contribution is -2.40. The van der Waals surface area contributed by atoms with Gasteiger partial charge in [0.05, 0.1) is 10.8 Å². The zero-order valence-corrected chi connectivity index (χ0v) is 16.9. The zero-order chi connectivity index (χ0) is 20.0. The number of para-hydroxylation sites is 2. The topological polar surface area (TPSA) is 75.0 Å². The normalized spacial score (nSPS) is 16.9. The van der Waals surface area contributed by atoms with Crippen LogP contribution in [0.2, 0.25) is 0 Å². The van der Waals surface area contributed by atoms with E-state index in [1.807, 2.05) is 60.5 Å². The molecule has 7 heteroatoms. The van der Waals surface area contributed by atoms with Crippen LogP contribution in [0.5, 0.6) is 0 Å². The van der Waals surface area contributed by atoms with Crippen LogP contribution in [0.4, 0.5) is 5.69 Å². The van der Waals surface area contributed by atoms with Gasteiger partial charge in [0.25, 0.3) is 11.1 Å². The van der Waals surface area contributed by atoms with Crippen LogP contribution in [-0.2, 0) is 11.2 Å². The average Bonchev–Trinajstić information content (AvgIpc) is 3.43. The largest absolute Gasteiger partial charge is 0.411 e. The molecule has 6 nitrogen and oxygen atoms in total. The zero-order valence-electron chi connectivity index (χ0n) is 16.1. The molecular weight excluding hydrogens is 384 g/mol. The first-order chi connectivity index (χ1) is 14.1. The Hall–Kier alpha value is -3.06. The quantitative estimate of drug-likeness (QED) is 0.500. The summed E-state index contributed by atoms with van der Waals surface area (Å²) in [7, 11) is 0. The molecule has 3 heterocycles. The summed E-state index contributed by atoms with van der Waals surface area (Å²) in [6.07, 6.45) is 2.74. The molecule has 0 saturated carbocycles. The molecule has 29 heavy (non-hydrogen) atoms. The van der Waals surface area contributed by atoms with Gasteiger partial charge in [0, 0.05) is 28.8 Å². The summed E-state index contributed by atoms with van der Waals surface area (Å²) in [6, 6.07) is 16.2. The van der Waals surface area contributed by atoms with E-state index >= 15 is 0 Å². The summed E-state index contributed by atoms with van der Waals surface area (Å²) in [5, 5.41) is 9.43. The number of H-pyrrole nitrogens is 1. The van der Waals surface area contributed by atoms with E-state index in [2.05, 4.69) is 28.2 Å². The molecule has 0 saturated heterocycles. The van der Waals surface area contributed by atoms with E-state index in [-0.39, 0.29) is 17.2 Å². The smallest absolute Gasteiger partial charge is 0.277 e. The molecule has 0 spiro atoms. The van der Waals surface area contributed by atoms with E-state index in [9.17, 15) is 4.79 Å². The first kappa shape index (κ1) is 18.0. The van der Waals surface area contributed by atoms with Crippen LogP contribution in [0.3, 0.4) is 0 Å². The van der Waals surface area contributed by atoms with Crippen molar-refractivity contribution in [3.63, 3.8) is 0 Å². The Morgan fingerprint density at radius 3 is 2.90 bits per heavy atom. The van der Waals surface area contributed by atoms with Crippen LogP contribution >= 0.6 is 11.8 Å². The maximum atomic E-state index is 13.1. The lowest BCUT2D eigenvalue weighted by atomic mass is 10.1. The van der Waals surface area contributed by atoms with Crippen LogP contribution in [-0.4, -0.2) is 32.4 Å². The average molecular weight is 404 g/mol. The lowest BCUT2D eigenvalue weighted by molar-refractivity contribution is -0.118. The second kappa shape index (κ2) is 7.08. The fraction of sp³-hybridized carbons (Fsp3) is 0.227. The molecule has 5 rings (SSSR count). The molecule has 2 aromatic carbocycles. The SMILES string of the molecule is C[C@@H](Sc1nnc(-c2c[nH]c3ccccc23)o1)C(=O)N1c2ccccc2C[C@@H]1C. The third-order valence-electron chi connectivity index (χ3n) is 5.30. The summed E-state index contributed by atoms with van der Waals surface area (Å²) in [4.78, 5) is 18.2. The molecule has 0 fully saturated rings. The van der Waals surface area contributed by atoms with Crippen LogP contribution in [0.25, 0.3) is 22.4 Å². The number of fused-ring (bicyclic) bond motifs is 2. The molecule has 1 aliphatic rings. The minimum atomic E-state index is -0.333. The summed E-state index contributed by atoms with van der Waals surface area (Å²) >= 11 is 1.30. The number of aromatic amines is 1. The highest BCUT2D eigenvalue weighted by Gasteiger charge is 2.34. The molecule has 0 aliphatic carbocycles. The van der Waals surface area contributed by atoms with Crippen LogP contribution in [0.1, 0.15) is 19.4 Å². The van der Waals surface area contributed by atoms with Crippen molar-refractivity contribution in [3.8, 4) is 11.5 Å². The van der Waals surface area contributed by atoms with Crippen molar-refractivity contribution in [1.29, 1.82) is 0 Å². The number of thioether (sulfide) groups is 1. The number of hydrogen-bond acceptors (Lipinski definition) is 5. The van der Waals surface area contributed by atoms with Gasteiger partial charge in [-0.2, -0.15) is 0 Å². The van der Waals surface area contributed by atoms with Crippen LogP contribution in [0, 0.1) is 0 Å². The summed E-state index contributed by atoms with van der Waals surface area (Å²) < 4.78 is 5.87. The number of aromatic nitrogens is 3. The molecule has 1 amide bonds. The van der Waals surface area contributed by atoms with Crippen molar-refractivity contribution >= 4 is 34.3 Å². The van der Waals surface area contributed by atoms with Crippen LogP contribution in [0.15, 0.2) is 64.4 Å². The monoisotopic (exact) mass is 404 g/mol. The summed E-state index contributed by atoms with van der Waals surface area (Å²) in [6.45, 7) is 3.97. The molecule has 0 bridgehead atoms. The number of nitrogens with zero attached hydrogens (tertiary/aromatic N) is 3. The van der Waals surface area contributed by atoms with Crippen molar-refractivity contribution in [3.05, 3.63) is 60.3 Å². The van der Waals surface area contributed by atoms with Crippen molar-refractivity contribution in [1.82, 2.24) is 15.2 Å². The Morgan fingerprint density at radius 1 is 1.21 bits per heavy atom. The minimum absolute atomic E-state index is 0.0549. The summed E-state index contributed by atoms with van der Waals surface area (Å²) in [5.41, 5.74) is 4.09. The third-order valence-corrected chi connectivity index (χ3v) is 6.22. The Bertz CT molecular complexity index is 1200. The van der Waals surface area contributed by atoms with Crippen molar-refractivity contribution < 1.29 is 9.21 Å². The fourth-order valence-electron chi connectivity index (χ4n) is 3.91. The van der Waals surface area contributed by atoms with Gasteiger partial charge in [-0.1, -0.05) is 48.2 Å². The number of carbonyl (C=O) groups is 1. The third kappa shape index (κ3) is 3.11. The van der Waals surface area contributed by atoms with Crippen molar-refractivity contribution in [2.24, 2.45) is 0 Å². The molecule has 2 aromatic heterocycles. The standard InChI is InChI=1S/C22H20N4O2S/c1-13-11-15-7-3-6-10-19(15)26(13)21(27)14(2)29-22-25-24-20(28-22)17-12-23-18-9-5-4-8-16(17)18/h3-10,12-14,23H,11H2,1-2H3/t13-,14+/m0/s1. The molecule has 0 unspecified atom stereocenters. The van der Waals surface area contributed by atoms with Gasteiger partial charge < -0.3 is 14.3 Å². The number of rotatable bonds is 4. The van der Waals surface area contributed by atoms with Gasteiger partial charge >= 0.3 is 0 Å². The Balaban J connectivity index is 1.35. The van der Waals surface area contributed by atoms with Crippen molar-refractivity contribution in [2.45, 2.75) is 36.8 Å². The maximum Gasteiger partial charge on any atom is 0.277 e. The highest BCUT2D eigenvalue weighted by molar-refractivity contribution is 8.00. The minimum Gasteiger partial charge on any atom is -0.411 e. The predicted octanol–water partition coefficient (Wildman–Crippen LogP) is 4.68. The predicted molar refractivity (Wildman–Crippen MR) is 114 cm³/mol. The van der Waals surface area contributed by atoms with Gasteiger partial charge in [-0.25, -0.2) is 0 Å². The molecule has 1 N–H and O–H groups in total. The Morgan fingerprint density at radius 2 is 2.00 bits per heavy atom. The highest BCUT2D eigenvalue weighted by atomic mass is 32.2. The van der Waals surface area contributed by atoms with E-state index in [4.69, 9.17) is 4.42 Å². The number of amides is 1. The highest BCUT2D eigenvalue weighted by Crippen LogP contribution is 2.35. The van der Waals surface area contributed by atoms with Gasteiger partial charge in [0.2, 0.25) is 5.91 Å². The molecule has 2 atom stereocenters. The van der Waals surface area contributed by atoms with Crippen molar-refractivity contribution in [2.75, 3.05) is 4.90 Å². The molecular formula is C22H20N4O2S. The van der Waals surface area contributed by atoms with Gasteiger partial charge in [0.15, 0.2) is 0 Å². The lowest BCUT2D eigenvalue weighted by Gasteiger charge is -2.25. The van der Waals surface area contributed by atoms with E-state index < -0.39 is 0 Å². The molecule has 0 radical (unpaired) electrons. The molecule has 4 aromatic rings. The fourth-order valence-corrected chi connectivity index (χ4v) is 4.65. The first-order valence-corrected chi connectivity index (χ1v) is 10.5. The first-order valence-electron chi connectivity index (χ1n) is 9.59. The molecule has 146 valence electrons. The number of anilines is 1. The second-order valence-electron chi connectivity index (χ2n) is 7.27. The number of nitrogens with one attached hydrogen (secondary N) is 1. The Labute approximate surface area is 172 Å². The second-order valence-corrected chi connectivity index (χ2v) is 8.56. The number of carbonyl (C=O) groups excluding carboxylic acids is 1. The van der Waals surface area contributed by atoms with Gasteiger partial charge in [-0.15, -0.1) is 10.2 Å². The van der Waals surface area contributed by atoms with Crippen LogP contribution < -0.4 is 4.90 Å². The van der Waals surface area contributed by atoms with E-state index in [0.717, 1.165) is 28.6 Å². The Kier molecular flexibility index (Phi) is 4.39. The van der Waals surface area contributed by atoms with E-state index in [1.54, 1.807) is 0 Å². The number of benzene rings is 2. The maximum absolute atomic E-state index is 13.1. The molecule has 1 aliphatic heterocycles. The van der Waals surface area contributed by atoms with E-state index in [1.165, 1.54) is 17.3 Å². The van der Waals surface area contributed by atoms with Gasteiger partial charge in [0.1, 0.15) is 0 Å².